The van der Waals surface area contributed by atoms with Gasteiger partial charge in [-0.05, 0) is 36.8 Å². The number of nitrogens with zero attached hydrogens (tertiary/aromatic N) is 2. The van der Waals surface area contributed by atoms with Crippen LogP contribution < -0.4 is 16.6 Å². The molecular formula is C17H22ClFN4O2. The average molecular weight is 369 g/mol. The summed E-state index contributed by atoms with van der Waals surface area (Å²) < 4.78 is 14.1. The lowest BCUT2D eigenvalue weighted by Gasteiger charge is -2.16. The number of carbonyl (C=O) groups is 1. The molecule has 0 saturated heterocycles. The second-order valence-corrected chi connectivity index (χ2v) is 5.49. The Bertz CT molecular complexity index is 749. The molecule has 0 aliphatic heterocycles. The summed E-state index contributed by atoms with van der Waals surface area (Å²) in [6, 6.07) is 7.80. The topological polar surface area (TPSA) is 90.0 Å². The molecule has 0 spiro atoms. The van der Waals surface area contributed by atoms with Crippen LogP contribution in [-0.4, -0.2) is 28.3 Å². The first kappa shape index (κ1) is 20.8. The highest BCUT2D eigenvalue weighted by atomic mass is 35.5. The molecule has 0 aliphatic rings. The number of rotatable bonds is 7. The first-order valence-electron chi connectivity index (χ1n) is 7.92. The highest BCUT2D eigenvalue weighted by molar-refractivity contribution is 5.92. The van der Waals surface area contributed by atoms with E-state index in [4.69, 9.17) is 5.73 Å². The van der Waals surface area contributed by atoms with E-state index >= 15 is 0 Å². The van der Waals surface area contributed by atoms with Gasteiger partial charge in [0.1, 0.15) is 11.5 Å². The largest absolute Gasteiger partial charge is 0.347 e. The Hall–Kier alpha value is -2.25. The summed E-state index contributed by atoms with van der Waals surface area (Å²) in [5.41, 5.74) is 5.76. The van der Waals surface area contributed by atoms with Gasteiger partial charge in [-0.2, -0.15) is 9.78 Å². The van der Waals surface area contributed by atoms with Gasteiger partial charge in [0.2, 0.25) is 0 Å². The van der Waals surface area contributed by atoms with Gasteiger partial charge in [0, 0.05) is 18.7 Å². The minimum Gasteiger partial charge on any atom is -0.347 e. The van der Waals surface area contributed by atoms with Crippen molar-refractivity contribution in [2.75, 3.05) is 6.54 Å². The maximum Gasteiger partial charge on any atom is 0.272 e. The molecule has 1 aromatic carbocycles. The maximum atomic E-state index is 13.0. The molecule has 2 rings (SSSR count). The standard InChI is InChI=1S/C17H21FN4O2.ClH/c1-2-3-4-13(11-19)20-17(24)15-9-10-16(23)22(21-15)14-7-5-12(18)6-8-14;/h5-10,13H,2-4,11,19H2,1H3,(H,20,24);1H. The number of halogens is 2. The van der Waals surface area contributed by atoms with Crippen LogP contribution in [0.1, 0.15) is 36.7 Å². The van der Waals surface area contributed by atoms with Crippen molar-refractivity contribution in [3.05, 3.63) is 58.3 Å². The molecule has 6 nitrogen and oxygen atoms in total. The zero-order valence-electron chi connectivity index (χ0n) is 13.9. The van der Waals surface area contributed by atoms with Gasteiger partial charge in [-0.25, -0.2) is 4.39 Å². The van der Waals surface area contributed by atoms with Gasteiger partial charge in [0.15, 0.2) is 0 Å². The third kappa shape index (κ3) is 5.65. The van der Waals surface area contributed by atoms with Crippen LogP contribution in [0, 0.1) is 5.82 Å². The monoisotopic (exact) mass is 368 g/mol. The first-order valence-corrected chi connectivity index (χ1v) is 7.92. The van der Waals surface area contributed by atoms with Crippen molar-refractivity contribution in [2.24, 2.45) is 5.73 Å². The normalized spacial score (nSPS) is 11.5. The fourth-order valence-corrected chi connectivity index (χ4v) is 2.26. The van der Waals surface area contributed by atoms with E-state index in [1.54, 1.807) is 0 Å². The van der Waals surface area contributed by atoms with E-state index < -0.39 is 17.3 Å². The SMILES string of the molecule is CCCCC(CN)NC(=O)c1ccc(=O)n(-c2ccc(F)cc2)n1.Cl. The smallest absolute Gasteiger partial charge is 0.272 e. The predicted octanol–water partition coefficient (Wildman–Crippen LogP) is 2.04. The first-order chi connectivity index (χ1) is 11.5. The van der Waals surface area contributed by atoms with E-state index in [0.717, 1.165) is 23.9 Å². The molecule has 1 heterocycles. The van der Waals surface area contributed by atoms with Crippen LogP contribution in [0.15, 0.2) is 41.2 Å². The van der Waals surface area contributed by atoms with Crippen LogP contribution in [0.2, 0.25) is 0 Å². The number of aromatic nitrogens is 2. The van der Waals surface area contributed by atoms with Crippen molar-refractivity contribution in [3.63, 3.8) is 0 Å². The molecule has 0 radical (unpaired) electrons. The van der Waals surface area contributed by atoms with E-state index in [1.807, 2.05) is 0 Å². The quantitative estimate of drug-likeness (QED) is 0.782. The molecule has 0 saturated carbocycles. The number of unbranched alkanes of at least 4 members (excludes halogenated alkanes) is 1. The molecule has 8 heteroatoms. The summed E-state index contributed by atoms with van der Waals surface area (Å²) in [5, 5.41) is 6.89. The van der Waals surface area contributed by atoms with Crippen molar-refractivity contribution in [1.29, 1.82) is 0 Å². The number of hydrogen-bond acceptors (Lipinski definition) is 4. The van der Waals surface area contributed by atoms with Gasteiger partial charge < -0.3 is 11.1 Å². The molecule has 0 aliphatic carbocycles. The summed E-state index contributed by atoms with van der Waals surface area (Å²) >= 11 is 0. The Balaban J connectivity index is 0.00000312. The minimum absolute atomic E-state index is 0. The third-order valence-corrected chi connectivity index (χ3v) is 3.63. The average Bonchev–Trinajstić information content (AvgIpc) is 2.59. The maximum absolute atomic E-state index is 13.0. The third-order valence-electron chi connectivity index (χ3n) is 3.63. The molecule has 1 atom stereocenters. The number of nitrogens with one attached hydrogen (secondary N) is 1. The van der Waals surface area contributed by atoms with Crippen molar-refractivity contribution >= 4 is 18.3 Å². The summed E-state index contributed by atoms with van der Waals surface area (Å²) in [4.78, 5) is 24.3. The van der Waals surface area contributed by atoms with Gasteiger partial charge >= 0.3 is 0 Å². The molecule has 3 N–H and O–H groups in total. The molecular weight excluding hydrogens is 347 g/mol. The zero-order valence-corrected chi connectivity index (χ0v) is 14.8. The van der Waals surface area contributed by atoms with Crippen molar-refractivity contribution in [2.45, 2.75) is 32.2 Å². The second-order valence-electron chi connectivity index (χ2n) is 5.49. The molecule has 1 aromatic heterocycles. The van der Waals surface area contributed by atoms with Crippen LogP contribution in [0.25, 0.3) is 5.69 Å². The predicted molar refractivity (Wildman–Crippen MR) is 96.9 cm³/mol. The molecule has 136 valence electrons. The molecule has 25 heavy (non-hydrogen) atoms. The highest BCUT2D eigenvalue weighted by Crippen LogP contribution is 2.06. The Morgan fingerprint density at radius 3 is 2.56 bits per heavy atom. The molecule has 1 amide bonds. The van der Waals surface area contributed by atoms with Crippen LogP contribution >= 0.6 is 12.4 Å². The minimum atomic E-state index is -0.414. The van der Waals surface area contributed by atoms with Crippen LogP contribution in [-0.2, 0) is 0 Å². The Labute approximate surface area is 151 Å². The molecule has 0 bridgehead atoms. The summed E-state index contributed by atoms with van der Waals surface area (Å²) in [7, 11) is 0. The summed E-state index contributed by atoms with van der Waals surface area (Å²) in [6.45, 7) is 2.40. The van der Waals surface area contributed by atoms with Crippen molar-refractivity contribution in [3.8, 4) is 5.69 Å². The lowest BCUT2D eigenvalue weighted by molar-refractivity contribution is 0.0929. The van der Waals surface area contributed by atoms with Crippen molar-refractivity contribution < 1.29 is 9.18 Å². The lowest BCUT2D eigenvalue weighted by Crippen LogP contribution is -2.41. The second kappa shape index (κ2) is 9.90. The molecule has 0 fully saturated rings. The number of nitrogens with two attached hydrogens (primary N) is 1. The fraction of sp³-hybridized carbons (Fsp3) is 0.353. The van der Waals surface area contributed by atoms with E-state index in [9.17, 15) is 14.0 Å². The van der Waals surface area contributed by atoms with E-state index in [-0.39, 0.29) is 24.1 Å². The van der Waals surface area contributed by atoms with E-state index in [2.05, 4.69) is 17.3 Å². The number of carbonyl (C=O) groups excluding carboxylic acids is 1. The van der Waals surface area contributed by atoms with E-state index in [0.29, 0.717) is 12.2 Å². The van der Waals surface area contributed by atoms with Crippen molar-refractivity contribution in [1.82, 2.24) is 15.1 Å². The summed E-state index contributed by atoms with van der Waals surface area (Å²) in [5.74, 6) is -0.806. The number of hydrogen-bond donors (Lipinski definition) is 2. The Morgan fingerprint density at radius 2 is 1.96 bits per heavy atom. The molecule has 2 aromatic rings. The van der Waals surface area contributed by atoms with Crippen LogP contribution in [0.3, 0.4) is 0 Å². The number of benzene rings is 1. The van der Waals surface area contributed by atoms with Gasteiger partial charge in [-0.15, -0.1) is 12.4 Å². The van der Waals surface area contributed by atoms with Gasteiger partial charge in [0.25, 0.3) is 11.5 Å². The summed E-state index contributed by atoms with van der Waals surface area (Å²) in [6.07, 6.45) is 2.76. The van der Waals surface area contributed by atoms with E-state index in [1.165, 1.54) is 36.4 Å². The van der Waals surface area contributed by atoms with Gasteiger partial charge in [0.05, 0.1) is 5.69 Å². The van der Waals surface area contributed by atoms with Gasteiger partial charge in [-0.3, -0.25) is 9.59 Å². The highest BCUT2D eigenvalue weighted by Gasteiger charge is 2.15. The lowest BCUT2D eigenvalue weighted by atomic mass is 10.1. The van der Waals surface area contributed by atoms with Gasteiger partial charge in [-0.1, -0.05) is 19.8 Å². The van der Waals surface area contributed by atoms with Crippen LogP contribution in [0.5, 0.6) is 0 Å². The van der Waals surface area contributed by atoms with Crippen LogP contribution in [0.4, 0.5) is 4.39 Å². The zero-order chi connectivity index (χ0) is 17.5. The Morgan fingerprint density at radius 1 is 1.28 bits per heavy atom. The molecule has 1 unspecified atom stereocenters. The fourth-order valence-electron chi connectivity index (χ4n) is 2.26. The number of amides is 1. The Kier molecular flexibility index (Phi) is 8.24.